The van der Waals surface area contributed by atoms with Crippen LogP contribution in [0.25, 0.3) is 5.69 Å². The van der Waals surface area contributed by atoms with Crippen molar-refractivity contribution in [3.63, 3.8) is 0 Å². The van der Waals surface area contributed by atoms with Crippen LogP contribution in [0.3, 0.4) is 0 Å². The molecule has 2 aromatic rings. The molecule has 1 aromatic heterocycles. The van der Waals surface area contributed by atoms with Gasteiger partial charge in [0.25, 0.3) is 5.91 Å². The van der Waals surface area contributed by atoms with Gasteiger partial charge in [0, 0.05) is 6.04 Å². The van der Waals surface area contributed by atoms with Crippen LogP contribution in [0.4, 0.5) is 4.39 Å². The van der Waals surface area contributed by atoms with Gasteiger partial charge in [-0.2, -0.15) is 5.10 Å². The molecular formula is C19H22FN3O3. The number of carboxylic acids is 1. The highest BCUT2D eigenvalue weighted by atomic mass is 19.1. The Morgan fingerprint density at radius 1 is 1.15 bits per heavy atom. The van der Waals surface area contributed by atoms with E-state index >= 15 is 0 Å². The molecule has 1 saturated carbocycles. The number of aryl methyl sites for hydroxylation is 1. The first kappa shape index (κ1) is 18.1. The molecule has 7 heteroatoms. The minimum atomic E-state index is -0.762. The van der Waals surface area contributed by atoms with Crippen LogP contribution >= 0.6 is 0 Å². The third-order valence-corrected chi connectivity index (χ3v) is 5.00. The highest BCUT2D eigenvalue weighted by molar-refractivity contribution is 5.96. The van der Waals surface area contributed by atoms with Gasteiger partial charge in [-0.15, -0.1) is 0 Å². The van der Waals surface area contributed by atoms with Gasteiger partial charge in [0.1, 0.15) is 5.82 Å². The second kappa shape index (κ2) is 7.27. The summed E-state index contributed by atoms with van der Waals surface area (Å²) < 4.78 is 14.8. The van der Waals surface area contributed by atoms with E-state index in [-0.39, 0.29) is 23.7 Å². The maximum absolute atomic E-state index is 13.1. The Kier molecular flexibility index (Phi) is 5.06. The fourth-order valence-electron chi connectivity index (χ4n) is 3.55. The molecule has 1 aliphatic rings. The molecule has 6 nitrogen and oxygen atoms in total. The molecule has 1 fully saturated rings. The first-order valence-electron chi connectivity index (χ1n) is 8.72. The molecule has 1 aliphatic carbocycles. The number of rotatable bonds is 4. The third-order valence-electron chi connectivity index (χ3n) is 5.00. The number of carbonyl (C=O) groups is 2. The van der Waals surface area contributed by atoms with Gasteiger partial charge in [-0.3, -0.25) is 9.59 Å². The van der Waals surface area contributed by atoms with Crippen molar-refractivity contribution >= 4 is 11.9 Å². The number of carboxylic acid groups (broad SMARTS) is 1. The van der Waals surface area contributed by atoms with Crippen LogP contribution in [0.15, 0.2) is 24.3 Å². The SMILES string of the molecule is Cc1nn(-c2ccc(F)cc2)c(C)c1C(=O)NC1CCC(C(=O)O)CC1. The van der Waals surface area contributed by atoms with Crippen LogP contribution in [0.2, 0.25) is 0 Å². The minimum absolute atomic E-state index is 0.0222. The molecule has 3 rings (SSSR count). The average molecular weight is 359 g/mol. The smallest absolute Gasteiger partial charge is 0.306 e. The number of carbonyl (C=O) groups excluding carboxylic acids is 1. The van der Waals surface area contributed by atoms with E-state index in [9.17, 15) is 14.0 Å². The monoisotopic (exact) mass is 359 g/mol. The molecule has 0 spiro atoms. The predicted octanol–water partition coefficient (Wildman–Crippen LogP) is 3.00. The number of aliphatic carboxylic acids is 1. The highest BCUT2D eigenvalue weighted by Gasteiger charge is 2.28. The van der Waals surface area contributed by atoms with Crippen molar-refractivity contribution in [2.24, 2.45) is 5.92 Å². The second-order valence-corrected chi connectivity index (χ2v) is 6.79. The lowest BCUT2D eigenvalue weighted by atomic mass is 9.86. The maximum atomic E-state index is 13.1. The summed E-state index contributed by atoms with van der Waals surface area (Å²) in [6.45, 7) is 3.57. The molecule has 138 valence electrons. The molecule has 0 atom stereocenters. The molecule has 2 N–H and O–H groups in total. The van der Waals surface area contributed by atoms with Crippen molar-refractivity contribution in [2.75, 3.05) is 0 Å². The number of nitrogens with zero attached hydrogens (tertiary/aromatic N) is 2. The van der Waals surface area contributed by atoms with Crippen LogP contribution in [0, 0.1) is 25.6 Å². The Morgan fingerprint density at radius 3 is 2.35 bits per heavy atom. The number of aromatic nitrogens is 2. The molecule has 26 heavy (non-hydrogen) atoms. The Labute approximate surface area is 151 Å². The van der Waals surface area contributed by atoms with E-state index in [1.165, 1.54) is 12.1 Å². The number of halogens is 1. The third kappa shape index (κ3) is 3.61. The topological polar surface area (TPSA) is 84.2 Å². The summed E-state index contributed by atoms with van der Waals surface area (Å²) in [5.41, 5.74) is 2.48. The quantitative estimate of drug-likeness (QED) is 0.879. The van der Waals surface area contributed by atoms with Crippen molar-refractivity contribution in [3.05, 3.63) is 47.0 Å². The summed E-state index contributed by atoms with van der Waals surface area (Å²) >= 11 is 0. The van der Waals surface area contributed by atoms with Crippen molar-refractivity contribution in [3.8, 4) is 5.69 Å². The summed E-state index contributed by atoms with van der Waals surface area (Å²) in [6, 6.07) is 5.91. The molecule has 0 unspecified atom stereocenters. The van der Waals surface area contributed by atoms with Crippen LogP contribution in [0.1, 0.15) is 47.4 Å². The van der Waals surface area contributed by atoms with Gasteiger partial charge >= 0.3 is 5.97 Å². The minimum Gasteiger partial charge on any atom is -0.481 e. The zero-order valence-electron chi connectivity index (χ0n) is 14.8. The predicted molar refractivity (Wildman–Crippen MR) is 93.8 cm³/mol. The summed E-state index contributed by atoms with van der Waals surface area (Å²) in [6.07, 6.45) is 2.47. The first-order valence-corrected chi connectivity index (χ1v) is 8.72. The molecule has 0 aliphatic heterocycles. The number of nitrogens with one attached hydrogen (secondary N) is 1. The Balaban J connectivity index is 1.74. The van der Waals surface area contributed by atoms with Crippen molar-refractivity contribution in [1.29, 1.82) is 0 Å². The highest BCUT2D eigenvalue weighted by Crippen LogP contribution is 2.25. The number of hydrogen-bond donors (Lipinski definition) is 2. The van der Waals surface area contributed by atoms with E-state index in [0.29, 0.717) is 48.3 Å². The lowest BCUT2D eigenvalue weighted by Gasteiger charge is -2.26. The van der Waals surface area contributed by atoms with Crippen molar-refractivity contribution in [1.82, 2.24) is 15.1 Å². The number of benzene rings is 1. The fraction of sp³-hybridized carbons (Fsp3) is 0.421. The summed E-state index contributed by atoms with van der Waals surface area (Å²) in [5.74, 6) is -1.60. The summed E-state index contributed by atoms with van der Waals surface area (Å²) in [5, 5.41) is 16.5. The lowest BCUT2D eigenvalue weighted by molar-refractivity contribution is -0.142. The van der Waals surface area contributed by atoms with Gasteiger partial charge in [0.2, 0.25) is 0 Å². The molecule has 0 saturated heterocycles. The first-order chi connectivity index (χ1) is 12.4. The number of amides is 1. The molecule has 1 amide bonds. The Hall–Kier alpha value is -2.70. The van der Waals surface area contributed by atoms with Crippen LogP contribution in [-0.2, 0) is 4.79 Å². The van der Waals surface area contributed by atoms with Crippen molar-refractivity contribution < 1.29 is 19.1 Å². The van der Waals surface area contributed by atoms with Gasteiger partial charge in [-0.25, -0.2) is 9.07 Å². The van der Waals surface area contributed by atoms with Gasteiger partial charge < -0.3 is 10.4 Å². The van der Waals surface area contributed by atoms with Gasteiger partial charge in [-0.05, 0) is 63.8 Å². The Morgan fingerprint density at radius 2 is 1.77 bits per heavy atom. The van der Waals surface area contributed by atoms with E-state index in [4.69, 9.17) is 5.11 Å². The zero-order chi connectivity index (χ0) is 18.8. The van der Waals surface area contributed by atoms with Gasteiger partial charge in [-0.1, -0.05) is 0 Å². The normalized spacial score (nSPS) is 20.0. The van der Waals surface area contributed by atoms with E-state index < -0.39 is 5.97 Å². The summed E-state index contributed by atoms with van der Waals surface area (Å²) in [7, 11) is 0. The fourth-order valence-corrected chi connectivity index (χ4v) is 3.55. The van der Waals surface area contributed by atoms with E-state index in [1.807, 2.05) is 0 Å². The largest absolute Gasteiger partial charge is 0.481 e. The van der Waals surface area contributed by atoms with E-state index in [2.05, 4.69) is 10.4 Å². The maximum Gasteiger partial charge on any atom is 0.306 e. The lowest BCUT2D eigenvalue weighted by Crippen LogP contribution is -2.39. The van der Waals surface area contributed by atoms with Gasteiger partial charge in [0.15, 0.2) is 0 Å². The van der Waals surface area contributed by atoms with Gasteiger partial charge in [0.05, 0.1) is 28.6 Å². The molecule has 1 heterocycles. The zero-order valence-corrected chi connectivity index (χ0v) is 14.8. The van der Waals surface area contributed by atoms with Crippen LogP contribution in [0.5, 0.6) is 0 Å². The van der Waals surface area contributed by atoms with E-state index in [0.717, 1.165) is 0 Å². The Bertz CT molecular complexity index is 821. The number of hydrogen-bond acceptors (Lipinski definition) is 3. The molecule has 1 aromatic carbocycles. The summed E-state index contributed by atoms with van der Waals surface area (Å²) in [4.78, 5) is 23.8. The van der Waals surface area contributed by atoms with Crippen LogP contribution < -0.4 is 5.32 Å². The van der Waals surface area contributed by atoms with Crippen LogP contribution in [-0.4, -0.2) is 32.8 Å². The standard InChI is InChI=1S/C19H22FN3O3/c1-11-17(12(2)23(22-11)16-9-5-14(20)6-10-16)18(24)21-15-7-3-13(4-8-15)19(25)26/h5-6,9-10,13,15H,3-4,7-8H2,1-2H3,(H,21,24)(H,25,26). The molecule has 0 radical (unpaired) electrons. The molecular weight excluding hydrogens is 337 g/mol. The van der Waals surface area contributed by atoms with Crippen molar-refractivity contribution in [2.45, 2.75) is 45.6 Å². The average Bonchev–Trinajstić information content (AvgIpc) is 2.90. The van der Waals surface area contributed by atoms with E-state index in [1.54, 1.807) is 30.7 Å². The second-order valence-electron chi connectivity index (χ2n) is 6.79. The molecule has 0 bridgehead atoms.